The van der Waals surface area contributed by atoms with Crippen LogP contribution in [0.2, 0.25) is 0 Å². The van der Waals surface area contributed by atoms with Crippen LogP contribution in [-0.4, -0.2) is 51.4 Å². The Labute approximate surface area is 75.2 Å². The molecule has 0 saturated carbocycles. The van der Waals surface area contributed by atoms with Gasteiger partial charge < -0.3 is 4.90 Å². The molecule has 1 heterocycles. The van der Waals surface area contributed by atoms with E-state index in [-0.39, 0.29) is 0 Å². The van der Waals surface area contributed by atoms with Gasteiger partial charge >= 0.3 is 0 Å². The molecule has 1 aliphatic rings. The normalized spacial score (nSPS) is 25.8. The molecule has 1 atom stereocenters. The summed E-state index contributed by atoms with van der Waals surface area (Å²) in [6.45, 7) is 2.78. The highest BCUT2D eigenvalue weighted by molar-refractivity contribution is 7.69. The van der Waals surface area contributed by atoms with Crippen LogP contribution in [0, 0.1) is 5.92 Å². The Morgan fingerprint density at radius 1 is 1.58 bits per heavy atom. The van der Waals surface area contributed by atoms with Gasteiger partial charge in [0, 0.05) is 20.1 Å². The number of thiol groups is 1. The third-order valence-corrected chi connectivity index (χ3v) is 3.01. The van der Waals surface area contributed by atoms with Crippen molar-refractivity contribution >= 4 is 10.9 Å². The molecule has 0 N–H and O–H groups in total. The van der Waals surface area contributed by atoms with Crippen LogP contribution >= 0.6 is 0 Å². The molecule has 0 aromatic rings. The second kappa shape index (κ2) is 4.20. The van der Waals surface area contributed by atoms with Crippen molar-refractivity contribution in [1.29, 1.82) is 0 Å². The lowest BCUT2D eigenvalue weighted by Gasteiger charge is -2.14. The van der Waals surface area contributed by atoms with Crippen LogP contribution in [0.1, 0.15) is 6.42 Å². The van der Waals surface area contributed by atoms with Gasteiger partial charge in [-0.15, -0.1) is 0 Å². The fraction of sp³-hybridized carbons (Fsp3) is 1.00. The minimum Gasteiger partial charge on any atom is -0.306 e. The molecule has 0 aromatic carbocycles. The Kier molecular flexibility index (Phi) is 3.49. The van der Waals surface area contributed by atoms with Crippen LogP contribution in [0.5, 0.6) is 0 Å². The topological polar surface area (TPSA) is 40.6 Å². The Hall–Kier alpha value is -0.130. The van der Waals surface area contributed by atoms with E-state index in [1.54, 1.807) is 7.05 Å². The molecular formula is C7H16N2O2S. The van der Waals surface area contributed by atoms with Crippen LogP contribution in [0.4, 0.5) is 0 Å². The van der Waals surface area contributed by atoms with Crippen molar-refractivity contribution in [1.82, 2.24) is 9.21 Å². The Morgan fingerprint density at radius 3 is 2.67 bits per heavy atom. The number of likely N-dealkylation sites (tertiary alicyclic amines) is 1. The summed E-state index contributed by atoms with van der Waals surface area (Å²) in [5.74, 6) is 0.521. The summed E-state index contributed by atoms with van der Waals surface area (Å²) < 4.78 is 22.4. The number of hydrogen-bond donors (Lipinski definition) is 1. The molecule has 0 radical (unpaired) electrons. The van der Waals surface area contributed by atoms with E-state index in [9.17, 15) is 8.42 Å². The van der Waals surface area contributed by atoms with E-state index in [1.807, 2.05) is 0 Å². The van der Waals surface area contributed by atoms with E-state index in [4.69, 9.17) is 0 Å². The molecule has 1 rings (SSSR count). The fourth-order valence-electron chi connectivity index (χ4n) is 1.62. The molecule has 5 heteroatoms. The molecule has 0 spiro atoms. The maximum absolute atomic E-state index is 10.5. The highest BCUT2D eigenvalue weighted by atomic mass is 32.2. The van der Waals surface area contributed by atoms with Gasteiger partial charge in [-0.25, -0.2) is 12.7 Å². The summed E-state index contributed by atoms with van der Waals surface area (Å²) in [6.07, 6.45) is 1.12. The number of nitrogens with zero attached hydrogens (tertiary/aromatic N) is 2. The van der Waals surface area contributed by atoms with Crippen molar-refractivity contribution in [3.05, 3.63) is 0 Å². The smallest absolute Gasteiger partial charge is 0.203 e. The van der Waals surface area contributed by atoms with Gasteiger partial charge in [0.1, 0.15) is 0 Å². The van der Waals surface area contributed by atoms with Gasteiger partial charge in [-0.05, 0) is 25.9 Å². The van der Waals surface area contributed by atoms with Gasteiger partial charge in [0.2, 0.25) is 10.9 Å². The first kappa shape index (κ1) is 9.95. The second-order valence-electron chi connectivity index (χ2n) is 3.50. The number of rotatable bonds is 3. The van der Waals surface area contributed by atoms with E-state index >= 15 is 0 Å². The molecule has 4 nitrogen and oxygen atoms in total. The zero-order valence-corrected chi connectivity index (χ0v) is 8.46. The Bertz CT molecular complexity index is 209. The van der Waals surface area contributed by atoms with Crippen molar-refractivity contribution in [2.24, 2.45) is 5.92 Å². The quantitative estimate of drug-likeness (QED) is 0.607. The Morgan fingerprint density at radius 2 is 2.25 bits per heavy atom. The van der Waals surface area contributed by atoms with Crippen molar-refractivity contribution in [2.45, 2.75) is 6.42 Å². The van der Waals surface area contributed by atoms with Gasteiger partial charge in [0.25, 0.3) is 0 Å². The average Bonchev–Trinajstić information content (AvgIpc) is 2.35. The largest absolute Gasteiger partial charge is 0.306 e. The van der Waals surface area contributed by atoms with Crippen molar-refractivity contribution < 1.29 is 8.42 Å². The van der Waals surface area contributed by atoms with Gasteiger partial charge in [-0.2, -0.15) is 0 Å². The minimum absolute atomic E-state index is 0.521. The van der Waals surface area contributed by atoms with E-state index in [1.165, 1.54) is 4.31 Å². The second-order valence-corrected chi connectivity index (χ2v) is 4.65. The molecule has 1 fully saturated rings. The third-order valence-electron chi connectivity index (χ3n) is 2.29. The SMILES string of the molecule is CN1CC[C@H](CN(C)[SH](=O)=O)C1. The van der Waals surface area contributed by atoms with E-state index in [0.717, 1.165) is 19.5 Å². The standard InChI is InChI=1S/C7H16N2O2S/c1-8-4-3-7(5-8)6-9(2)12(10)11/h7,12H,3-6H2,1-2H3/t7-/m0/s1. The van der Waals surface area contributed by atoms with Gasteiger partial charge in [-0.1, -0.05) is 0 Å². The molecular weight excluding hydrogens is 176 g/mol. The maximum atomic E-state index is 10.5. The molecule has 1 aliphatic heterocycles. The summed E-state index contributed by atoms with van der Waals surface area (Å²) in [7, 11) is 1.32. The first-order chi connectivity index (χ1) is 5.59. The molecule has 0 amide bonds. The lowest BCUT2D eigenvalue weighted by molar-refractivity contribution is 0.361. The highest BCUT2D eigenvalue weighted by Gasteiger charge is 2.20. The van der Waals surface area contributed by atoms with Crippen molar-refractivity contribution in [3.8, 4) is 0 Å². The first-order valence-electron chi connectivity index (χ1n) is 4.13. The lowest BCUT2D eigenvalue weighted by atomic mass is 10.1. The summed E-state index contributed by atoms with van der Waals surface area (Å²) >= 11 is 0. The molecule has 72 valence electrons. The van der Waals surface area contributed by atoms with E-state index in [0.29, 0.717) is 12.5 Å². The molecule has 0 aromatic heterocycles. The van der Waals surface area contributed by atoms with Gasteiger partial charge in [0.05, 0.1) is 0 Å². The fourth-order valence-corrected chi connectivity index (χ4v) is 1.98. The predicted octanol–water partition coefficient (Wildman–Crippen LogP) is -0.604. The minimum atomic E-state index is -2.38. The summed E-state index contributed by atoms with van der Waals surface area (Å²) in [5, 5.41) is 0. The first-order valence-corrected chi connectivity index (χ1v) is 5.26. The van der Waals surface area contributed by atoms with E-state index in [2.05, 4.69) is 11.9 Å². The van der Waals surface area contributed by atoms with E-state index < -0.39 is 10.9 Å². The molecule has 0 bridgehead atoms. The van der Waals surface area contributed by atoms with Crippen molar-refractivity contribution in [2.75, 3.05) is 33.7 Å². The average molecular weight is 192 g/mol. The summed E-state index contributed by atoms with van der Waals surface area (Å²) in [4.78, 5) is 2.23. The Balaban J connectivity index is 2.32. The highest BCUT2D eigenvalue weighted by Crippen LogP contribution is 2.14. The summed E-state index contributed by atoms with van der Waals surface area (Å²) in [5.41, 5.74) is 0. The number of hydrogen-bond acceptors (Lipinski definition) is 3. The lowest BCUT2D eigenvalue weighted by Crippen LogP contribution is -2.26. The zero-order valence-electron chi connectivity index (χ0n) is 7.56. The predicted molar refractivity (Wildman–Crippen MR) is 48.5 cm³/mol. The monoisotopic (exact) mass is 192 g/mol. The van der Waals surface area contributed by atoms with Crippen LogP contribution in [-0.2, 0) is 10.9 Å². The molecule has 0 aliphatic carbocycles. The van der Waals surface area contributed by atoms with Gasteiger partial charge in [0.15, 0.2) is 0 Å². The molecule has 0 unspecified atom stereocenters. The van der Waals surface area contributed by atoms with Crippen LogP contribution in [0.15, 0.2) is 0 Å². The molecule has 12 heavy (non-hydrogen) atoms. The maximum Gasteiger partial charge on any atom is 0.203 e. The van der Waals surface area contributed by atoms with Crippen molar-refractivity contribution in [3.63, 3.8) is 0 Å². The van der Waals surface area contributed by atoms with Crippen LogP contribution in [0.3, 0.4) is 0 Å². The van der Waals surface area contributed by atoms with Crippen LogP contribution in [0.25, 0.3) is 0 Å². The van der Waals surface area contributed by atoms with Crippen LogP contribution < -0.4 is 0 Å². The summed E-state index contributed by atoms with van der Waals surface area (Å²) in [6, 6.07) is 0. The zero-order chi connectivity index (χ0) is 9.14. The molecule has 1 saturated heterocycles. The van der Waals surface area contributed by atoms with Gasteiger partial charge in [-0.3, -0.25) is 0 Å². The third kappa shape index (κ3) is 2.73.